The first-order valence-electron chi connectivity index (χ1n) is 4.41. The van der Waals surface area contributed by atoms with E-state index in [0.717, 1.165) is 17.8 Å². The summed E-state index contributed by atoms with van der Waals surface area (Å²) in [6.45, 7) is 5.12. The smallest absolute Gasteiger partial charge is 0.242 e. The number of aryl methyl sites for hydroxylation is 2. The SMILES string of the molecule is CCn1c(C)[n+](C)c2nccnc21. The molecule has 0 saturated carbocycles. The Morgan fingerprint density at radius 2 is 2.08 bits per heavy atom. The summed E-state index contributed by atoms with van der Waals surface area (Å²) in [7, 11) is 2.01. The quantitative estimate of drug-likeness (QED) is 0.597. The summed E-state index contributed by atoms with van der Waals surface area (Å²) in [6, 6.07) is 0. The van der Waals surface area contributed by atoms with Gasteiger partial charge in [-0.25, -0.2) is 14.1 Å². The monoisotopic (exact) mass is 177 g/mol. The first kappa shape index (κ1) is 8.16. The average molecular weight is 177 g/mol. The summed E-state index contributed by atoms with van der Waals surface area (Å²) in [4.78, 5) is 8.60. The van der Waals surface area contributed by atoms with Crippen molar-refractivity contribution in [3.63, 3.8) is 0 Å². The van der Waals surface area contributed by atoms with Crippen LogP contribution < -0.4 is 4.57 Å². The Morgan fingerprint density at radius 1 is 1.38 bits per heavy atom. The van der Waals surface area contributed by atoms with Gasteiger partial charge in [0.25, 0.3) is 5.65 Å². The van der Waals surface area contributed by atoms with Crippen molar-refractivity contribution in [3.05, 3.63) is 18.2 Å². The predicted molar refractivity (Wildman–Crippen MR) is 49.1 cm³/mol. The largest absolute Gasteiger partial charge is 0.322 e. The molecule has 0 N–H and O–H groups in total. The molecule has 68 valence electrons. The minimum Gasteiger partial charge on any atom is -0.242 e. The van der Waals surface area contributed by atoms with E-state index >= 15 is 0 Å². The lowest BCUT2D eigenvalue weighted by Gasteiger charge is -1.93. The Balaban J connectivity index is 2.90. The molecule has 0 aromatic carbocycles. The minimum absolute atomic E-state index is 0.932. The maximum Gasteiger partial charge on any atom is 0.322 e. The molecule has 0 saturated heterocycles. The molecule has 2 rings (SSSR count). The van der Waals surface area contributed by atoms with Crippen LogP contribution in [0.2, 0.25) is 0 Å². The molecule has 2 aromatic heterocycles. The van der Waals surface area contributed by atoms with E-state index in [-0.39, 0.29) is 0 Å². The summed E-state index contributed by atoms with van der Waals surface area (Å²) in [5.41, 5.74) is 1.91. The van der Waals surface area contributed by atoms with Gasteiger partial charge in [0.05, 0.1) is 19.8 Å². The average Bonchev–Trinajstić information content (AvgIpc) is 2.41. The zero-order valence-corrected chi connectivity index (χ0v) is 8.15. The number of aromatic nitrogens is 4. The van der Waals surface area contributed by atoms with Crippen LogP contribution in [0, 0.1) is 6.92 Å². The maximum atomic E-state index is 4.31. The van der Waals surface area contributed by atoms with Gasteiger partial charge in [-0.3, -0.25) is 0 Å². The van der Waals surface area contributed by atoms with Crippen LogP contribution in [0.4, 0.5) is 0 Å². The summed E-state index contributed by atoms with van der Waals surface area (Å²) in [5.74, 6) is 1.18. The second kappa shape index (κ2) is 2.80. The molecule has 0 radical (unpaired) electrons. The fourth-order valence-corrected chi connectivity index (χ4v) is 1.62. The molecule has 4 nitrogen and oxygen atoms in total. The Morgan fingerprint density at radius 3 is 2.77 bits per heavy atom. The third kappa shape index (κ3) is 1.02. The van der Waals surface area contributed by atoms with E-state index in [0.29, 0.717) is 0 Å². The van der Waals surface area contributed by atoms with Gasteiger partial charge in [-0.15, -0.1) is 4.98 Å². The van der Waals surface area contributed by atoms with Crippen molar-refractivity contribution >= 4 is 11.3 Å². The lowest BCUT2D eigenvalue weighted by Crippen LogP contribution is -2.31. The maximum absolute atomic E-state index is 4.31. The van der Waals surface area contributed by atoms with E-state index in [4.69, 9.17) is 0 Å². The fourth-order valence-electron chi connectivity index (χ4n) is 1.62. The van der Waals surface area contributed by atoms with Gasteiger partial charge in [0.2, 0.25) is 5.82 Å². The Hall–Kier alpha value is -1.45. The Labute approximate surface area is 76.9 Å². The summed E-state index contributed by atoms with van der Waals surface area (Å²) in [5, 5.41) is 0. The van der Waals surface area contributed by atoms with Crippen LogP contribution in [0.5, 0.6) is 0 Å². The van der Waals surface area contributed by atoms with Crippen molar-refractivity contribution in [1.82, 2.24) is 14.5 Å². The van der Waals surface area contributed by atoms with Gasteiger partial charge in [0.1, 0.15) is 6.20 Å². The number of fused-ring (bicyclic) bond motifs is 1. The molecule has 2 heterocycles. The zero-order valence-electron chi connectivity index (χ0n) is 8.15. The first-order chi connectivity index (χ1) is 6.25. The second-order valence-electron chi connectivity index (χ2n) is 3.05. The van der Waals surface area contributed by atoms with Crippen LogP contribution in [0.3, 0.4) is 0 Å². The van der Waals surface area contributed by atoms with Crippen molar-refractivity contribution in [2.75, 3.05) is 0 Å². The number of rotatable bonds is 1. The van der Waals surface area contributed by atoms with Gasteiger partial charge in [0.15, 0.2) is 0 Å². The van der Waals surface area contributed by atoms with E-state index < -0.39 is 0 Å². The van der Waals surface area contributed by atoms with Crippen LogP contribution in [0.15, 0.2) is 12.4 Å². The van der Waals surface area contributed by atoms with Crippen LogP contribution in [0.25, 0.3) is 11.3 Å². The molecule has 0 amide bonds. The van der Waals surface area contributed by atoms with Crippen molar-refractivity contribution < 1.29 is 4.57 Å². The fraction of sp³-hybridized carbons (Fsp3) is 0.444. The standard InChI is InChI=1S/C9H13N4/c1-4-13-7(2)12(3)8-9(13)11-6-5-10-8/h5-6H,4H2,1-3H3/q+1. The third-order valence-corrected chi connectivity index (χ3v) is 2.43. The molecule has 0 aliphatic heterocycles. The van der Waals surface area contributed by atoms with Gasteiger partial charge in [-0.1, -0.05) is 0 Å². The Bertz CT molecular complexity index is 444. The normalized spacial score (nSPS) is 11.0. The molecule has 0 fully saturated rings. The highest BCUT2D eigenvalue weighted by Gasteiger charge is 2.18. The molecule has 0 atom stereocenters. The molecule has 0 unspecified atom stereocenters. The van der Waals surface area contributed by atoms with Crippen molar-refractivity contribution in [1.29, 1.82) is 0 Å². The van der Waals surface area contributed by atoms with Gasteiger partial charge < -0.3 is 0 Å². The Kier molecular flexibility index (Phi) is 1.76. The van der Waals surface area contributed by atoms with E-state index in [2.05, 4.69) is 32.9 Å². The van der Waals surface area contributed by atoms with Gasteiger partial charge >= 0.3 is 5.65 Å². The van der Waals surface area contributed by atoms with E-state index in [1.165, 1.54) is 5.82 Å². The van der Waals surface area contributed by atoms with E-state index in [9.17, 15) is 0 Å². The highest BCUT2D eigenvalue weighted by molar-refractivity contribution is 5.61. The third-order valence-electron chi connectivity index (χ3n) is 2.43. The number of hydrogen-bond donors (Lipinski definition) is 0. The van der Waals surface area contributed by atoms with Crippen molar-refractivity contribution in [2.45, 2.75) is 20.4 Å². The highest BCUT2D eigenvalue weighted by atomic mass is 15.2. The first-order valence-corrected chi connectivity index (χ1v) is 4.41. The summed E-state index contributed by atoms with van der Waals surface area (Å²) >= 11 is 0. The minimum atomic E-state index is 0.932. The highest BCUT2D eigenvalue weighted by Crippen LogP contribution is 2.07. The van der Waals surface area contributed by atoms with Crippen molar-refractivity contribution in [3.8, 4) is 0 Å². The number of hydrogen-bond acceptors (Lipinski definition) is 2. The molecule has 2 aromatic rings. The lowest BCUT2D eigenvalue weighted by atomic mass is 10.6. The van der Waals surface area contributed by atoms with E-state index in [1.807, 2.05) is 7.05 Å². The lowest BCUT2D eigenvalue weighted by molar-refractivity contribution is -0.654. The van der Waals surface area contributed by atoms with Crippen LogP contribution in [-0.2, 0) is 13.6 Å². The molecular weight excluding hydrogens is 164 g/mol. The molecule has 13 heavy (non-hydrogen) atoms. The predicted octanol–water partition coefficient (Wildman–Crippen LogP) is 0.584. The molecule has 0 aliphatic rings. The van der Waals surface area contributed by atoms with Gasteiger partial charge in [-0.2, -0.15) is 0 Å². The number of imidazole rings is 1. The van der Waals surface area contributed by atoms with Gasteiger partial charge in [-0.05, 0) is 6.92 Å². The topological polar surface area (TPSA) is 34.6 Å². The van der Waals surface area contributed by atoms with Gasteiger partial charge in [0, 0.05) is 6.92 Å². The molecule has 0 aliphatic carbocycles. The zero-order chi connectivity index (χ0) is 9.42. The number of nitrogens with zero attached hydrogens (tertiary/aromatic N) is 4. The van der Waals surface area contributed by atoms with Crippen LogP contribution >= 0.6 is 0 Å². The molecule has 0 spiro atoms. The summed E-state index contributed by atoms with van der Waals surface area (Å²) < 4.78 is 4.22. The van der Waals surface area contributed by atoms with Crippen molar-refractivity contribution in [2.24, 2.45) is 7.05 Å². The second-order valence-corrected chi connectivity index (χ2v) is 3.05. The molecule has 0 bridgehead atoms. The summed E-state index contributed by atoms with van der Waals surface area (Å²) in [6.07, 6.45) is 3.45. The molecule has 4 heteroatoms. The molecular formula is C9H13N4+. The van der Waals surface area contributed by atoms with E-state index in [1.54, 1.807) is 12.4 Å². The van der Waals surface area contributed by atoms with Crippen LogP contribution in [0.1, 0.15) is 12.7 Å². The van der Waals surface area contributed by atoms with Crippen LogP contribution in [-0.4, -0.2) is 14.5 Å².